The summed E-state index contributed by atoms with van der Waals surface area (Å²) in [4.78, 5) is 4.97. The van der Waals surface area contributed by atoms with Crippen LogP contribution in [0.4, 0.5) is 0 Å². The minimum atomic E-state index is 0.395. The van der Waals surface area contributed by atoms with Crippen LogP contribution in [0.2, 0.25) is 0 Å². The van der Waals surface area contributed by atoms with E-state index in [4.69, 9.17) is 10.1 Å². The predicted octanol–water partition coefficient (Wildman–Crippen LogP) is 2.82. The van der Waals surface area contributed by atoms with Crippen molar-refractivity contribution >= 4 is 11.4 Å². The first kappa shape index (κ1) is 10.1. The molecular formula is C14H21N3. The lowest BCUT2D eigenvalue weighted by Crippen LogP contribution is -2.47. The lowest BCUT2D eigenvalue weighted by atomic mass is 9.74. The third kappa shape index (κ3) is 1.62. The van der Waals surface area contributed by atoms with Gasteiger partial charge >= 0.3 is 0 Å². The molecule has 0 N–H and O–H groups in total. The topological polar surface area (TPSA) is 28.0 Å². The van der Waals surface area contributed by atoms with E-state index in [2.05, 4.69) is 5.01 Å². The number of rotatable bonds is 0. The molecule has 2 heterocycles. The molecule has 3 fully saturated rings. The van der Waals surface area contributed by atoms with Crippen LogP contribution in [0.25, 0.3) is 0 Å². The van der Waals surface area contributed by atoms with E-state index in [1.807, 2.05) is 0 Å². The van der Waals surface area contributed by atoms with Crippen LogP contribution >= 0.6 is 0 Å². The Labute approximate surface area is 103 Å². The quantitative estimate of drug-likeness (QED) is 0.630. The highest BCUT2D eigenvalue weighted by molar-refractivity contribution is 6.44. The molecule has 0 aromatic rings. The number of hydrogen-bond donors (Lipinski definition) is 0. The molecule has 2 saturated carbocycles. The first-order valence-corrected chi connectivity index (χ1v) is 7.31. The molecule has 3 heteroatoms. The molecule has 3 unspecified atom stereocenters. The number of fused-ring (bicyclic) bond motifs is 3. The lowest BCUT2D eigenvalue weighted by molar-refractivity contribution is 0.0430. The van der Waals surface area contributed by atoms with Crippen molar-refractivity contribution in [1.29, 1.82) is 0 Å². The Morgan fingerprint density at radius 2 is 1.76 bits per heavy atom. The third-order valence-electron chi connectivity index (χ3n) is 5.06. The monoisotopic (exact) mass is 231 g/mol. The van der Waals surface area contributed by atoms with E-state index in [1.165, 1.54) is 62.9 Å². The fourth-order valence-corrected chi connectivity index (χ4v) is 4.11. The molecule has 4 rings (SSSR count). The van der Waals surface area contributed by atoms with E-state index in [-0.39, 0.29) is 0 Å². The van der Waals surface area contributed by atoms with Crippen LogP contribution in [-0.4, -0.2) is 29.1 Å². The smallest absolute Gasteiger partial charge is 0.137 e. The first-order chi connectivity index (χ1) is 8.40. The second-order valence-electron chi connectivity index (χ2n) is 6.12. The van der Waals surface area contributed by atoms with Crippen LogP contribution in [0.5, 0.6) is 0 Å². The van der Waals surface area contributed by atoms with Crippen LogP contribution in [0, 0.1) is 11.8 Å². The van der Waals surface area contributed by atoms with Gasteiger partial charge in [0, 0.05) is 6.54 Å². The van der Waals surface area contributed by atoms with E-state index in [0.717, 1.165) is 18.3 Å². The van der Waals surface area contributed by atoms with Crippen molar-refractivity contribution in [3.63, 3.8) is 0 Å². The molecule has 17 heavy (non-hydrogen) atoms. The summed E-state index contributed by atoms with van der Waals surface area (Å²) in [5.41, 5.74) is 2.64. The Hall–Kier alpha value is -0.860. The molecule has 0 aromatic carbocycles. The molecule has 3 nitrogen and oxygen atoms in total. The maximum Gasteiger partial charge on any atom is 0.137 e. The molecule has 2 aliphatic heterocycles. The number of aliphatic imine (C=N–C) groups is 1. The van der Waals surface area contributed by atoms with E-state index >= 15 is 0 Å². The van der Waals surface area contributed by atoms with Gasteiger partial charge in [0.1, 0.15) is 6.17 Å². The van der Waals surface area contributed by atoms with Gasteiger partial charge in [-0.3, -0.25) is 10.0 Å². The van der Waals surface area contributed by atoms with Gasteiger partial charge in [0.05, 0.1) is 11.4 Å². The summed E-state index contributed by atoms with van der Waals surface area (Å²) < 4.78 is 0. The molecule has 0 spiro atoms. The average Bonchev–Trinajstić information content (AvgIpc) is 2.80. The molecule has 0 bridgehead atoms. The van der Waals surface area contributed by atoms with Gasteiger partial charge in [-0.25, -0.2) is 0 Å². The summed E-state index contributed by atoms with van der Waals surface area (Å²) in [7, 11) is 0. The van der Waals surface area contributed by atoms with Crippen LogP contribution in [0.15, 0.2) is 10.1 Å². The maximum absolute atomic E-state index is 4.97. The summed E-state index contributed by atoms with van der Waals surface area (Å²) >= 11 is 0. The number of hydrogen-bond acceptors (Lipinski definition) is 3. The van der Waals surface area contributed by atoms with Crippen molar-refractivity contribution in [1.82, 2.24) is 5.01 Å². The first-order valence-electron chi connectivity index (χ1n) is 7.31. The minimum Gasteiger partial charge on any atom is -0.272 e. The van der Waals surface area contributed by atoms with Gasteiger partial charge < -0.3 is 0 Å². The molecule has 1 saturated heterocycles. The highest BCUT2D eigenvalue weighted by Gasteiger charge is 2.38. The Balaban J connectivity index is 1.59. The van der Waals surface area contributed by atoms with Gasteiger partial charge in [-0.2, -0.15) is 5.10 Å². The third-order valence-corrected chi connectivity index (χ3v) is 5.06. The van der Waals surface area contributed by atoms with Crippen molar-refractivity contribution < 1.29 is 0 Å². The molecule has 0 radical (unpaired) electrons. The van der Waals surface area contributed by atoms with Crippen LogP contribution in [0.1, 0.15) is 51.4 Å². The molecule has 92 valence electrons. The standard InChI is InChI=1S/C14H21N3/c1-2-5-11-9-17-14(8-10(11)4-1)15-12-6-3-7-13(12)16-17/h10-11,14H,1-9H2. The Morgan fingerprint density at radius 1 is 0.941 bits per heavy atom. The zero-order valence-corrected chi connectivity index (χ0v) is 10.4. The van der Waals surface area contributed by atoms with E-state index in [0.29, 0.717) is 6.17 Å². The summed E-state index contributed by atoms with van der Waals surface area (Å²) in [6, 6.07) is 0. The van der Waals surface area contributed by atoms with Crippen LogP contribution in [-0.2, 0) is 0 Å². The fraction of sp³-hybridized carbons (Fsp3) is 0.857. The Morgan fingerprint density at radius 3 is 2.71 bits per heavy atom. The van der Waals surface area contributed by atoms with Gasteiger partial charge in [-0.1, -0.05) is 12.8 Å². The second-order valence-corrected chi connectivity index (χ2v) is 6.12. The average molecular weight is 231 g/mol. The zero-order valence-electron chi connectivity index (χ0n) is 10.4. The van der Waals surface area contributed by atoms with Gasteiger partial charge in [0.2, 0.25) is 0 Å². The van der Waals surface area contributed by atoms with Crippen molar-refractivity contribution in [2.75, 3.05) is 6.54 Å². The normalized spacial score (nSPS) is 40.0. The van der Waals surface area contributed by atoms with Gasteiger partial charge in [-0.05, 0) is 50.4 Å². The van der Waals surface area contributed by atoms with Gasteiger partial charge in [0.15, 0.2) is 0 Å². The van der Waals surface area contributed by atoms with Crippen molar-refractivity contribution in [2.24, 2.45) is 21.9 Å². The summed E-state index contributed by atoms with van der Waals surface area (Å²) in [5, 5.41) is 7.19. The molecular weight excluding hydrogens is 210 g/mol. The zero-order chi connectivity index (χ0) is 11.2. The highest BCUT2D eigenvalue weighted by atomic mass is 15.5. The largest absolute Gasteiger partial charge is 0.272 e. The molecule has 0 amide bonds. The molecule has 3 atom stereocenters. The van der Waals surface area contributed by atoms with Crippen molar-refractivity contribution in [3.8, 4) is 0 Å². The lowest BCUT2D eigenvalue weighted by Gasteiger charge is -2.44. The minimum absolute atomic E-state index is 0.395. The summed E-state index contributed by atoms with van der Waals surface area (Å²) in [6.45, 7) is 1.18. The van der Waals surface area contributed by atoms with Crippen molar-refractivity contribution in [2.45, 2.75) is 57.5 Å². The van der Waals surface area contributed by atoms with Crippen molar-refractivity contribution in [3.05, 3.63) is 0 Å². The predicted molar refractivity (Wildman–Crippen MR) is 69.3 cm³/mol. The second kappa shape index (κ2) is 3.82. The maximum atomic E-state index is 4.97. The Kier molecular flexibility index (Phi) is 2.27. The van der Waals surface area contributed by atoms with Gasteiger partial charge in [-0.15, -0.1) is 0 Å². The number of piperidine rings is 1. The number of nitrogens with zero attached hydrogens (tertiary/aromatic N) is 3. The molecule has 0 aromatic heterocycles. The van der Waals surface area contributed by atoms with E-state index in [1.54, 1.807) is 0 Å². The number of hydrazone groups is 1. The molecule has 2 aliphatic carbocycles. The van der Waals surface area contributed by atoms with Crippen LogP contribution < -0.4 is 0 Å². The van der Waals surface area contributed by atoms with Crippen LogP contribution in [0.3, 0.4) is 0 Å². The van der Waals surface area contributed by atoms with E-state index in [9.17, 15) is 0 Å². The van der Waals surface area contributed by atoms with E-state index < -0.39 is 0 Å². The molecule has 4 aliphatic rings. The summed E-state index contributed by atoms with van der Waals surface area (Å²) in [5.74, 6) is 1.84. The summed E-state index contributed by atoms with van der Waals surface area (Å²) in [6.07, 6.45) is 11.0. The SMILES string of the molecule is C1CC2=NC3CC4CCCCC4CN3N=C2C1. The highest BCUT2D eigenvalue weighted by Crippen LogP contribution is 2.40. The fourth-order valence-electron chi connectivity index (χ4n) is 4.11. The van der Waals surface area contributed by atoms with Gasteiger partial charge in [0.25, 0.3) is 0 Å². The Bertz CT molecular complexity index is 349.